The van der Waals surface area contributed by atoms with E-state index in [1.54, 1.807) is 13.0 Å². The summed E-state index contributed by atoms with van der Waals surface area (Å²) in [5.41, 5.74) is 4.21. The lowest BCUT2D eigenvalue weighted by molar-refractivity contribution is -0.385. The third kappa shape index (κ3) is 3.74. The Morgan fingerprint density at radius 2 is 1.96 bits per heavy atom. The van der Waals surface area contributed by atoms with Crippen LogP contribution in [-0.4, -0.2) is 15.8 Å². The molecule has 0 radical (unpaired) electrons. The van der Waals surface area contributed by atoms with Crippen LogP contribution in [0.3, 0.4) is 0 Å². The molecule has 0 unspecified atom stereocenters. The lowest BCUT2D eigenvalue weighted by Gasteiger charge is -2.09. The molecular weight excluding hydrogens is 330 g/mol. The number of carbonyl (C=O) groups is 1. The third-order valence-electron chi connectivity index (χ3n) is 4.54. The summed E-state index contributed by atoms with van der Waals surface area (Å²) in [6, 6.07) is 11.2. The van der Waals surface area contributed by atoms with Gasteiger partial charge in [-0.25, -0.2) is 0 Å². The first kappa shape index (κ1) is 17.7. The second-order valence-corrected chi connectivity index (χ2v) is 6.47. The average Bonchev–Trinajstić information content (AvgIpc) is 3.00. The normalized spacial score (nSPS) is 10.8. The summed E-state index contributed by atoms with van der Waals surface area (Å²) in [5.74, 6) is -0.133. The van der Waals surface area contributed by atoms with Gasteiger partial charge in [0, 0.05) is 35.2 Å². The highest BCUT2D eigenvalue weighted by molar-refractivity contribution is 5.92. The van der Waals surface area contributed by atoms with Crippen LogP contribution in [0.15, 0.2) is 42.6 Å². The number of para-hydroxylation sites is 1. The van der Waals surface area contributed by atoms with E-state index in [1.165, 1.54) is 17.0 Å². The van der Waals surface area contributed by atoms with Crippen LogP contribution >= 0.6 is 0 Å². The molecule has 0 atom stereocenters. The van der Waals surface area contributed by atoms with E-state index >= 15 is 0 Å². The highest BCUT2D eigenvalue weighted by Gasteiger charge is 2.15. The number of rotatable bonds is 6. The zero-order chi connectivity index (χ0) is 18.7. The zero-order valence-corrected chi connectivity index (χ0v) is 14.8. The Bertz CT molecular complexity index is 976. The maximum absolute atomic E-state index is 12.2. The maximum Gasteiger partial charge on any atom is 0.274 e. The summed E-state index contributed by atoms with van der Waals surface area (Å²) in [6.45, 7) is 3.52. The van der Waals surface area contributed by atoms with Gasteiger partial charge in [0.1, 0.15) is 0 Å². The van der Waals surface area contributed by atoms with Gasteiger partial charge in [-0.2, -0.15) is 0 Å². The standard InChI is InChI=1S/C20H21N3O3/c1-13-10-14(2)19(23(25)26)11-18(13)22-20(24)9-5-6-15-12-21-17-8-4-3-7-16(15)17/h3-4,7-8,10-12,21H,5-6,9H2,1-2H3,(H,22,24). The molecule has 2 aromatic carbocycles. The molecule has 0 fully saturated rings. The number of nitro benzene ring substituents is 1. The Labute approximate surface area is 151 Å². The second kappa shape index (κ2) is 7.39. The highest BCUT2D eigenvalue weighted by atomic mass is 16.6. The number of H-pyrrole nitrogens is 1. The van der Waals surface area contributed by atoms with Crippen LogP contribution < -0.4 is 5.32 Å². The number of aryl methyl sites for hydroxylation is 3. The molecule has 0 aliphatic rings. The second-order valence-electron chi connectivity index (χ2n) is 6.47. The molecule has 0 aliphatic carbocycles. The highest BCUT2D eigenvalue weighted by Crippen LogP contribution is 2.26. The molecule has 6 heteroatoms. The first-order valence-corrected chi connectivity index (χ1v) is 8.56. The van der Waals surface area contributed by atoms with Crippen molar-refractivity contribution in [3.05, 3.63) is 69.4 Å². The van der Waals surface area contributed by atoms with Crippen molar-refractivity contribution in [1.29, 1.82) is 0 Å². The summed E-state index contributed by atoms with van der Waals surface area (Å²) in [7, 11) is 0. The Morgan fingerprint density at radius 3 is 2.73 bits per heavy atom. The van der Waals surface area contributed by atoms with E-state index in [0.717, 1.165) is 17.5 Å². The molecule has 1 aromatic heterocycles. The van der Waals surface area contributed by atoms with Gasteiger partial charge in [-0.05, 0) is 49.9 Å². The van der Waals surface area contributed by atoms with Crippen molar-refractivity contribution in [2.75, 3.05) is 5.32 Å². The smallest absolute Gasteiger partial charge is 0.274 e. The molecule has 0 aliphatic heterocycles. The summed E-state index contributed by atoms with van der Waals surface area (Å²) < 4.78 is 0. The summed E-state index contributed by atoms with van der Waals surface area (Å²) in [4.78, 5) is 26.1. The summed E-state index contributed by atoms with van der Waals surface area (Å²) >= 11 is 0. The number of nitrogens with zero attached hydrogens (tertiary/aromatic N) is 1. The number of nitrogens with one attached hydrogen (secondary N) is 2. The van der Waals surface area contributed by atoms with E-state index in [-0.39, 0.29) is 11.6 Å². The Morgan fingerprint density at radius 1 is 1.19 bits per heavy atom. The lowest BCUT2D eigenvalue weighted by atomic mass is 10.1. The summed E-state index contributed by atoms with van der Waals surface area (Å²) in [6.07, 6.45) is 3.85. The molecule has 0 bridgehead atoms. The molecule has 134 valence electrons. The number of hydrogen-bond donors (Lipinski definition) is 2. The van der Waals surface area contributed by atoms with Gasteiger partial charge in [-0.3, -0.25) is 14.9 Å². The van der Waals surface area contributed by atoms with Crippen molar-refractivity contribution in [1.82, 2.24) is 4.98 Å². The van der Waals surface area contributed by atoms with Gasteiger partial charge in [0.2, 0.25) is 5.91 Å². The Balaban J connectivity index is 1.61. The van der Waals surface area contributed by atoms with Gasteiger partial charge in [-0.15, -0.1) is 0 Å². The predicted octanol–water partition coefficient (Wildman–Crippen LogP) is 4.65. The Hall–Kier alpha value is -3.15. The molecule has 0 spiro atoms. The molecule has 26 heavy (non-hydrogen) atoms. The first-order chi connectivity index (χ1) is 12.5. The summed E-state index contributed by atoms with van der Waals surface area (Å²) in [5, 5.41) is 15.0. The molecule has 2 N–H and O–H groups in total. The SMILES string of the molecule is Cc1cc(C)c([N+](=O)[O-])cc1NC(=O)CCCc1c[nH]c2ccccc12. The molecule has 3 rings (SSSR count). The number of benzene rings is 2. The quantitative estimate of drug-likeness (QED) is 0.500. The Kier molecular flexibility index (Phi) is 5.02. The number of aromatic amines is 1. The predicted molar refractivity (Wildman–Crippen MR) is 102 cm³/mol. The van der Waals surface area contributed by atoms with Crippen molar-refractivity contribution in [3.8, 4) is 0 Å². The van der Waals surface area contributed by atoms with Crippen molar-refractivity contribution in [3.63, 3.8) is 0 Å². The van der Waals surface area contributed by atoms with Crippen LogP contribution in [0.1, 0.15) is 29.5 Å². The molecule has 3 aromatic rings. The van der Waals surface area contributed by atoms with Crippen LogP contribution in [0.25, 0.3) is 10.9 Å². The lowest BCUT2D eigenvalue weighted by Crippen LogP contribution is -2.13. The fraction of sp³-hybridized carbons (Fsp3) is 0.250. The molecule has 0 saturated carbocycles. The molecule has 0 saturated heterocycles. The minimum Gasteiger partial charge on any atom is -0.361 e. The molecule has 1 amide bonds. The third-order valence-corrected chi connectivity index (χ3v) is 4.54. The number of amides is 1. The van der Waals surface area contributed by atoms with Crippen molar-refractivity contribution in [2.45, 2.75) is 33.1 Å². The van der Waals surface area contributed by atoms with Crippen LogP contribution in [0, 0.1) is 24.0 Å². The van der Waals surface area contributed by atoms with E-state index in [4.69, 9.17) is 0 Å². The number of carbonyl (C=O) groups excluding carboxylic acids is 1. The average molecular weight is 351 g/mol. The molecule has 6 nitrogen and oxygen atoms in total. The first-order valence-electron chi connectivity index (χ1n) is 8.56. The monoisotopic (exact) mass is 351 g/mol. The van der Waals surface area contributed by atoms with Crippen molar-refractivity contribution >= 4 is 28.2 Å². The van der Waals surface area contributed by atoms with Crippen LogP contribution in [0.4, 0.5) is 11.4 Å². The van der Waals surface area contributed by atoms with Gasteiger partial charge in [-0.1, -0.05) is 18.2 Å². The van der Waals surface area contributed by atoms with Crippen molar-refractivity contribution < 1.29 is 9.72 Å². The van der Waals surface area contributed by atoms with E-state index in [1.807, 2.05) is 31.3 Å². The largest absolute Gasteiger partial charge is 0.361 e. The van der Waals surface area contributed by atoms with Crippen LogP contribution in [0.5, 0.6) is 0 Å². The topological polar surface area (TPSA) is 88.0 Å². The molecular formula is C20H21N3O3. The number of fused-ring (bicyclic) bond motifs is 1. The minimum atomic E-state index is -0.429. The van der Waals surface area contributed by atoms with E-state index in [2.05, 4.69) is 16.4 Å². The van der Waals surface area contributed by atoms with Gasteiger partial charge in [0.15, 0.2) is 0 Å². The minimum absolute atomic E-state index is 0.0182. The fourth-order valence-electron chi connectivity index (χ4n) is 3.16. The number of nitro groups is 1. The molecule has 1 heterocycles. The van der Waals surface area contributed by atoms with Crippen molar-refractivity contribution in [2.24, 2.45) is 0 Å². The zero-order valence-electron chi connectivity index (χ0n) is 14.8. The van der Waals surface area contributed by atoms with Gasteiger partial charge >= 0.3 is 0 Å². The van der Waals surface area contributed by atoms with E-state index in [0.29, 0.717) is 24.1 Å². The number of anilines is 1. The van der Waals surface area contributed by atoms with Gasteiger partial charge in [0.05, 0.1) is 10.6 Å². The number of aromatic nitrogens is 1. The van der Waals surface area contributed by atoms with Gasteiger partial charge in [0.25, 0.3) is 5.69 Å². The fourth-order valence-corrected chi connectivity index (χ4v) is 3.16. The van der Waals surface area contributed by atoms with Crippen LogP contribution in [0.2, 0.25) is 0 Å². The maximum atomic E-state index is 12.2. The van der Waals surface area contributed by atoms with E-state index in [9.17, 15) is 14.9 Å². The van der Waals surface area contributed by atoms with E-state index < -0.39 is 4.92 Å². The van der Waals surface area contributed by atoms with Gasteiger partial charge < -0.3 is 10.3 Å². The van der Waals surface area contributed by atoms with Crippen LogP contribution in [-0.2, 0) is 11.2 Å². The number of hydrogen-bond acceptors (Lipinski definition) is 3.